The van der Waals surface area contributed by atoms with Gasteiger partial charge in [0.15, 0.2) is 5.76 Å². The van der Waals surface area contributed by atoms with Crippen molar-refractivity contribution in [2.45, 2.75) is 51.4 Å². The highest BCUT2D eigenvalue weighted by Gasteiger charge is 2.31. The summed E-state index contributed by atoms with van der Waals surface area (Å²) in [5.41, 5.74) is 1.47. The van der Waals surface area contributed by atoms with Crippen molar-refractivity contribution >= 4 is 23.4 Å². The maximum absolute atomic E-state index is 13.3. The molecule has 0 spiro atoms. The van der Waals surface area contributed by atoms with Crippen molar-refractivity contribution in [1.82, 2.24) is 15.8 Å². The van der Waals surface area contributed by atoms with Gasteiger partial charge in [-0.25, -0.2) is 14.0 Å². The molecule has 0 aliphatic carbocycles. The summed E-state index contributed by atoms with van der Waals surface area (Å²) in [6.07, 6.45) is 1.04. The molecule has 4 amide bonds. The molecule has 10 nitrogen and oxygen atoms in total. The summed E-state index contributed by atoms with van der Waals surface area (Å²) in [6, 6.07) is 4.31. The van der Waals surface area contributed by atoms with E-state index >= 15 is 0 Å². The third-order valence-corrected chi connectivity index (χ3v) is 5.22. The monoisotopic (exact) mass is 449 g/mol. The summed E-state index contributed by atoms with van der Waals surface area (Å²) in [5, 5.41) is 24.3. The van der Waals surface area contributed by atoms with Gasteiger partial charge in [-0.1, -0.05) is 11.2 Å². The van der Waals surface area contributed by atoms with Gasteiger partial charge in [-0.3, -0.25) is 0 Å². The molecule has 11 heteroatoms. The Morgan fingerprint density at radius 2 is 2.03 bits per heavy atom. The maximum atomic E-state index is 13.3. The summed E-state index contributed by atoms with van der Waals surface area (Å²) < 4.78 is 24.2. The molecule has 1 saturated heterocycles. The number of aromatic nitrogens is 1. The molecule has 0 unspecified atom stereocenters. The van der Waals surface area contributed by atoms with E-state index in [0.717, 1.165) is 0 Å². The van der Waals surface area contributed by atoms with Gasteiger partial charge in [-0.15, -0.1) is 0 Å². The zero-order chi connectivity index (χ0) is 23.1. The number of nitrogens with one attached hydrogen (secondary N) is 4. The number of anilines is 2. The standard InChI is InChI=1S/C21H28FN5O5/c1-12-19(13(2)32-27-12)26-20(29)23-9-8-16-6-7-17(18(11-28)31-16)25-21(30)24-15-5-3-4-14(22)10-15/h3-5,10,16-18,28H,6-9,11H2,1-2H3,(H2,23,26,29)(H2,24,25,30)/t16-,17-,18-/m1/s1. The Bertz CT molecular complexity index is 918. The van der Waals surface area contributed by atoms with Crippen molar-refractivity contribution in [1.29, 1.82) is 0 Å². The Balaban J connectivity index is 1.41. The fraction of sp³-hybridized carbons (Fsp3) is 0.476. The third kappa shape index (κ3) is 6.41. The molecule has 2 aromatic rings. The van der Waals surface area contributed by atoms with Crippen molar-refractivity contribution in [3.05, 3.63) is 41.5 Å². The highest BCUT2D eigenvalue weighted by molar-refractivity contribution is 5.90. The van der Waals surface area contributed by atoms with Crippen LogP contribution in [-0.2, 0) is 4.74 Å². The van der Waals surface area contributed by atoms with E-state index in [1.54, 1.807) is 19.9 Å². The molecule has 0 saturated carbocycles. The zero-order valence-electron chi connectivity index (χ0n) is 18.0. The van der Waals surface area contributed by atoms with Gasteiger partial charge in [0.25, 0.3) is 0 Å². The Labute approximate surface area is 184 Å². The van der Waals surface area contributed by atoms with E-state index in [1.807, 2.05) is 0 Å². The van der Waals surface area contributed by atoms with Crippen LogP contribution < -0.4 is 21.3 Å². The van der Waals surface area contributed by atoms with Crippen LogP contribution in [0.15, 0.2) is 28.8 Å². The summed E-state index contributed by atoms with van der Waals surface area (Å²) in [6.45, 7) is 3.56. The third-order valence-electron chi connectivity index (χ3n) is 5.22. The van der Waals surface area contributed by atoms with E-state index in [0.29, 0.717) is 48.6 Å². The van der Waals surface area contributed by atoms with Crippen LogP contribution in [0.5, 0.6) is 0 Å². The van der Waals surface area contributed by atoms with Gasteiger partial charge in [-0.2, -0.15) is 0 Å². The second-order valence-electron chi connectivity index (χ2n) is 7.64. The molecule has 1 aromatic carbocycles. The van der Waals surface area contributed by atoms with E-state index in [9.17, 15) is 19.1 Å². The molecule has 32 heavy (non-hydrogen) atoms. The molecule has 1 fully saturated rings. The molecule has 1 aromatic heterocycles. The van der Waals surface area contributed by atoms with E-state index in [2.05, 4.69) is 26.4 Å². The van der Waals surface area contributed by atoms with Gasteiger partial charge in [0.1, 0.15) is 23.3 Å². The fourth-order valence-electron chi connectivity index (χ4n) is 3.58. The smallest absolute Gasteiger partial charge is 0.319 e. The Kier molecular flexibility index (Phi) is 8.01. The van der Waals surface area contributed by atoms with Gasteiger partial charge in [0, 0.05) is 12.2 Å². The van der Waals surface area contributed by atoms with Crippen molar-refractivity contribution in [3.8, 4) is 0 Å². The Hall–Kier alpha value is -3.18. The topological polar surface area (TPSA) is 138 Å². The molecule has 0 bridgehead atoms. The number of halogens is 1. The largest absolute Gasteiger partial charge is 0.394 e. The first-order valence-corrected chi connectivity index (χ1v) is 10.4. The van der Waals surface area contributed by atoms with Crippen molar-refractivity contribution in [3.63, 3.8) is 0 Å². The molecule has 2 heterocycles. The number of amides is 4. The summed E-state index contributed by atoms with van der Waals surface area (Å²) in [4.78, 5) is 24.3. The number of ether oxygens (including phenoxy) is 1. The van der Waals surface area contributed by atoms with Crippen molar-refractivity contribution in [2.24, 2.45) is 0 Å². The number of aliphatic hydroxyl groups is 1. The number of aliphatic hydroxyl groups excluding tert-OH is 1. The van der Waals surface area contributed by atoms with E-state index in [1.165, 1.54) is 18.2 Å². The average molecular weight is 449 g/mol. The van der Waals surface area contributed by atoms with Crippen molar-refractivity contribution in [2.75, 3.05) is 23.8 Å². The average Bonchev–Trinajstić information content (AvgIpc) is 3.06. The number of carbonyl (C=O) groups excluding carboxylic acids is 2. The number of aryl methyl sites for hydroxylation is 2. The second-order valence-corrected chi connectivity index (χ2v) is 7.64. The van der Waals surface area contributed by atoms with Crippen LogP contribution in [-0.4, -0.2) is 53.7 Å². The van der Waals surface area contributed by atoms with Gasteiger partial charge in [-0.05, 0) is 51.3 Å². The number of nitrogens with zero attached hydrogens (tertiary/aromatic N) is 1. The van der Waals surface area contributed by atoms with E-state index < -0.39 is 18.0 Å². The summed E-state index contributed by atoms with van der Waals surface area (Å²) in [5.74, 6) is 0.0768. The summed E-state index contributed by atoms with van der Waals surface area (Å²) >= 11 is 0. The molecular formula is C21H28FN5O5. The number of urea groups is 2. The normalized spacial score (nSPS) is 20.4. The van der Waals surface area contributed by atoms with Crippen LogP contribution in [0.1, 0.15) is 30.7 Å². The Morgan fingerprint density at radius 3 is 2.72 bits per heavy atom. The maximum Gasteiger partial charge on any atom is 0.319 e. The van der Waals surface area contributed by atoms with E-state index in [4.69, 9.17) is 9.26 Å². The minimum absolute atomic E-state index is 0.171. The van der Waals surface area contributed by atoms with E-state index in [-0.39, 0.29) is 24.8 Å². The highest BCUT2D eigenvalue weighted by Crippen LogP contribution is 2.22. The van der Waals surface area contributed by atoms with Crippen molar-refractivity contribution < 1.29 is 28.3 Å². The lowest BCUT2D eigenvalue weighted by molar-refractivity contribution is -0.0885. The molecule has 0 radical (unpaired) electrons. The quantitative estimate of drug-likeness (QED) is 0.441. The molecular weight excluding hydrogens is 421 g/mol. The van der Waals surface area contributed by atoms with Crippen LogP contribution in [0.4, 0.5) is 25.4 Å². The van der Waals surface area contributed by atoms with Gasteiger partial charge < -0.3 is 35.6 Å². The Morgan fingerprint density at radius 1 is 1.22 bits per heavy atom. The first-order valence-electron chi connectivity index (χ1n) is 10.4. The van der Waals surface area contributed by atoms with Crippen LogP contribution >= 0.6 is 0 Å². The number of hydrogen-bond acceptors (Lipinski definition) is 6. The first kappa shape index (κ1) is 23.5. The number of carbonyl (C=O) groups is 2. The SMILES string of the molecule is Cc1noc(C)c1NC(=O)NCC[C@H]1CC[C@@H](NC(=O)Nc2cccc(F)c2)[C@@H](CO)O1. The highest BCUT2D eigenvalue weighted by atomic mass is 19.1. The minimum atomic E-state index is -0.580. The number of benzene rings is 1. The second kappa shape index (κ2) is 10.9. The molecule has 174 valence electrons. The van der Waals surface area contributed by atoms with Crippen LogP contribution in [0.3, 0.4) is 0 Å². The van der Waals surface area contributed by atoms with Gasteiger partial charge in [0.05, 0.1) is 18.8 Å². The molecule has 5 N–H and O–H groups in total. The molecule has 1 aliphatic rings. The molecule has 1 aliphatic heterocycles. The first-order chi connectivity index (χ1) is 15.4. The zero-order valence-corrected chi connectivity index (χ0v) is 18.0. The summed E-state index contributed by atoms with van der Waals surface area (Å²) in [7, 11) is 0. The number of rotatable bonds is 7. The molecule has 3 rings (SSSR count). The molecule has 3 atom stereocenters. The fourth-order valence-corrected chi connectivity index (χ4v) is 3.58. The lowest BCUT2D eigenvalue weighted by Gasteiger charge is -2.36. The van der Waals surface area contributed by atoms with Crippen LogP contribution in [0, 0.1) is 19.7 Å². The lowest BCUT2D eigenvalue weighted by Crippen LogP contribution is -2.52. The lowest BCUT2D eigenvalue weighted by atomic mass is 9.97. The minimum Gasteiger partial charge on any atom is -0.394 e. The van der Waals surface area contributed by atoms with Crippen LogP contribution in [0.2, 0.25) is 0 Å². The van der Waals surface area contributed by atoms with Gasteiger partial charge >= 0.3 is 12.1 Å². The van der Waals surface area contributed by atoms with Gasteiger partial charge in [0.2, 0.25) is 0 Å². The predicted molar refractivity (Wildman–Crippen MR) is 115 cm³/mol. The van der Waals surface area contributed by atoms with Crippen LogP contribution in [0.25, 0.3) is 0 Å². The predicted octanol–water partition coefficient (Wildman–Crippen LogP) is 2.67. The number of hydrogen-bond donors (Lipinski definition) is 5.